The third-order valence-electron chi connectivity index (χ3n) is 1.77. The maximum absolute atomic E-state index is 13.2. The first-order valence-electron chi connectivity index (χ1n) is 4.40. The molecule has 15 heavy (non-hydrogen) atoms. The molecular formula is C10H9BrF2N2. The molecule has 0 aliphatic carbocycles. The molecule has 0 fully saturated rings. The van der Waals surface area contributed by atoms with Crippen LogP contribution in [0.3, 0.4) is 0 Å². The zero-order valence-electron chi connectivity index (χ0n) is 7.86. The van der Waals surface area contributed by atoms with Gasteiger partial charge in [-0.3, -0.25) is 0 Å². The minimum atomic E-state index is -0.640. The molecule has 0 aromatic heterocycles. The second-order valence-corrected chi connectivity index (χ2v) is 3.85. The first kappa shape index (κ1) is 11.9. The van der Waals surface area contributed by atoms with Crippen LogP contribution in [-0.2, 0) is 0 Å². The fourth-order valence-electron chi connectivity index (χ4n) is 1.09. The average molecular weight is 275 g/mol. The summed E-state index contributed by atoms with van der Waals surface area (Å²) in [5.41, 5.74) is -0.142. The predicted octanol–water partition coefficient (Wildman–Crippen LogP) is 3.44. The molecule has 0 saturated carbocycles. The molecular weight excluding hydrogens is 266 g/mol. The van der Waals surface area contributed by atoms with E-state index in [-0.39, 0.29) is 5.69 Å². The third-order valence-corrected chi connectivity index (χ3v) is 2.23. The molecule has 0 aliphatic rings. The van der Waals surface area contributed by atoms with Crippen molar-refractivity contribution < 1.29 is 8.78 Å². The molecule has 0 amide bonds. The minimum absolute atomic E-state index is 0.142. The van der Waals surface area contributed by atoms with E-state index in [0.717, 1.165) is 0 Å². The summed E-state index contributed by atoms with van der Waals surface area (Å²) in [5.74, 6) is -1.28. The lowest BCUT2D eigenvalue weighted by Crippen LogP contribution is -2.05. The van der Waals surface area contributed by atoms with Crippen LogP contribution < -0.4 is 5.32 Å². The summed E-state index contributed by atoms with van der Waals surface area (Å²) in [6.07, 6.45) is 0.929. The molecule has 0 spiro atoms. The van der Waals surface area contributed by atoms with Gasteiger partial charge in [0.1, 0.15) is 17.3 Å². The summed E-state index contributed by atoms with van der Waals surface area (Å²) in [7, 11) is 0. The average Bonchev–Trinajstić information content (AvgIpc) is 2.15. The number of halogens is 3. The van der Waals surface area contributed by atoms with Gasteiger partial charge in [0, 0.05) is 17.4 Å². The number of unbranched alkanes of at least 4 members (excludes halogenated alkanes) is 1. The fraction of sp³-hybridized carbons (Fsp3) is 0.300. The number of rotatable bonds is 4. The summed E-state index contributed by atoms with van der Waals surface area (Å²) >= 11 is 2.99. The Labute approximate surface area is 95.0 Å². The number of nitrogens with one attached hydrogen (secondary N) is 1. The van der Waals surface area contributed by atoms with Crippen LogP contribution in [0.4, 0.5) is 14.5 Å². The summed E-state index contributed by atoms with van der Waals surface area (Å²) in [6, 6.07) is 4.34. The van der Waals surface area contributed by atoms with Crippen molar-refractivity contribution in [1.29, 1.82) is 5.26 Å². The van der Waals surface area contributed by atoms with E-state index in [1.54, 1.807) is 0 Å². The van der Waals surface area contributed by atoms with E-state index in [9.17, 15) is 8.78 Å². The Morgan fingerprint density at radius 3 is 2.47 bits per heavy atom. The van der Waals surface area contributed by atoms with E-state index < -0.39 is 11.6 Å². The largest absolute Gasteiger partial charge is 0.380 e. The first-order valence-corrected chi connectivity index (χ1v) is 5.20. The van der Waals surface area contributed by atoms with E-state index in [1.807, 2.05) is 6.07 Å². The molecule has 1 rings (SSSR count). The standard InChI is InChI=1S/C10H9BrF2N2/c11-7-5-8(12)10(9(13)6-7)15-4-2-1-3-14/h5-6,15H,1-2,4H2. The van der Waals surface area contributed by atoms with Gasteiger partial charge in [-0.15, -0.1) is 0 Å². The van der Waals surface area contributed by atoms with Gasteiger partial charge >= 0.3 is 0 Å². The van der Waals surface area contributed by atoms with Crippen molar-refractivity contribution in [1.82, 2.24) is 0 Å². The van der Waals surface area contributed by atoms with Gasteiger partial charge < -0.3 is 5.32 Å². The maximum atomic E-state index is 13.2. The smallest absolute Gasteiger partial charge is 0.150 e. The molecule has 2 nitrogen and oxygen atoms in total. The number of hydrogen-bond donors (Lipinski definition) is 1. The Morgan fingerprint density at radius 1 is 1.33 bits per heavy atom. The molecule has 5 heteroatoms. The molecule has 0 bridgehead atoms. The second-order valence-electron chi connectivity index (χ2n) is 2.93. The van der Waals surface area contributed by atoms with E-state index in [0.29, 0.717) is 23.9 Å². The molecule has 1 aromatic carbocycles. The van der Waals surface area contributed by atoms with Gasteiger partial charge in [-0.1, -0.05) is 15.9 Å². The number of hydrogen-bond acceptors (Lipinski definition) is 2. The van der Waals surface area contributed by atoms with Gasteiger partial charge in [0.2, 0.25) is 0 Å². The molecule has 0 aliphatic heterocycles. The molecule has 1 aromatic rings. The number of nitriles is 1. The normalized spacial score (nSPS) is 9.73. The van der Waals surface area contributed by atoms with Crippen LogP contribution in [0.5, 0.6) is 0 Å². The fourth-order valence-corrected chi connectivity index (χ4v) is 1.49. The molecule has 0 radical (unpaired) electrons. The Hall–Kier alpha value is -1.15. The van der Waals surface area contributed by atoms with Gasteiger partial charge in [-0.2, -0.15) is 5.26 Å². The lowest BCUT2D eigenvalue weighted by molar-refractivity contribution is 0.586. The van der Waals surface area contributed by atoms with Crippen LogP contribution in [-0.4, -0.2) is 6.54 Å². The zero-order chi connectivity index (χ0) is 11.3. The zero-order valence-corrected chi connectivity index (χ0v) is 9.44. The van der Waals surface area contributed by atoms with Crippen LogP contribution in [0.25, 0.3) is 0 Å². The van der Waals surface area contributed by atoms with Gasteiger partial charge in [0.05, 0.1) is 6.07 Å². The molecule has 80 valence electrons. The van der Waals surface area contributed by atoms with E-state index in [2.05, 4.69) is 21.2 Å². The number of nitrogens with zero attached hydrogens (tertiary/aromatic N) is 1. The lowest BCUT2D eigenvalue weighted by atomic mass is 10.2. The van der Waals surface area contributed by atoms with E-state index in [4.69, 9.17) is 5.26 Å². The molecule has 0 unspecified atom stereocenters. The van der Waals surface area contributed by atoms with Crippen molar-refractivity contribution in [3.8, 4) is 6.07 Å². The Balaban J connectivity index is 2.65. The van der Waals surface area contributed by atoms with Gasteiger partial charge in [0.25, 0.3) is 0 Å². The monoisotopic (exact) mass is 274 g/mol. The van der Waals surface area contributed by atoms with Crippen molar-refractivity contribution in [2.24, 2.45) is 0 Å². The minimum Gasteiger partial charge on any atom is -0.380 e. The van der Waals surface area contributed by atoms with Crippen molar-refractivity contribution in [2.45, 2.75) is 12.8 Å². The number of anilines is 1. The number of benzene rings is 1. The highest BCUT2D eigenvalue weighted by Gasteiger charge is 2.09. The van der Waals surface area contributed by atoms with Crippen molar-refractivity contribution in [3.63, 3.8) is 0 Å². The first-order chi connectivity index (χ1) is 7.15. The highest BCUT2D eigenvalue weighted by molar-refractivity contribution is 9.10. The second kappa shape index (κ2) is 5.66. The highest BCUT2D eigenvalue weighted by Crippen LogP contribution is 2.23. The Morgan fingerprint density at radius 2 is 1.93 bits per heavy atom. The van der Waals surface area contributed by atoms with Crippen LogP contribution in [0, 0.1) is 23.0 Å². The van der Waals surface area contributed by atoms with Gasteiger partial charge in [-0.25, -0.2) is 8.78 Å². The molecule has 0 saturated heterocycles. The van der Waals surface area contributed by atoms with E-state index in [1.165, 1.54) is 12.1 Å². The Kier molecular flexibility index (Phi) is 4.50. The predicted molar refractivity (Wildman–Crippen MR) is 57.4 cm³/mol. The van der Waals surface area contributed by atoms with Crippen LogP contribution in [0.15, 0.2) is 16.6 Å². The Bertz CT molecular complexity index is 364. The van der Waals surface area contributed by atoms with Crippen molar-refractivity contribution in [2.75, 3.05) is 11.9 Å². The van der Waals surface area contributed by atoms with Gasteiger partial charge in [0.15, 0.2) is 0 Å². The van der Waals surface area contributed by atoms with Crippen molar-refractivity contribution in [3.05, 3.63) is 28.2 Å². The highest BCUT2D eigenvalue weighted by atomic mass is 79.9. The molecule has 0 atom stereocenters. The summed E-state index contributed by atoms with van der Waals surface area (Å²) < 4.78 is 26.8. The molecule has 1 N–H and O–H groups in total. The quantitative estimate of drug-likeness (QED) is 0.854. The summed E-state index contributed by atoms with van der Waals surface area (Å²) in [5, 5.41) is 10.9. The SMILES string of the molecule is N#CCCCNc1c(F)cc(Br)cc1F. The topological polar surface area (TPSA) is 35.8 Å². The summed E-state index contributed by atoms with van der Waals surface area (Å²) in [4.78, 5) is 0. The maximum Gasteiger partial charge on any atom is 0.150 e. The van der Waals surface area contributed by atoms with Crippen molar-refractivity contribution >= 4 is 21.6 Å². The van der Waals surface area contributed by atoms with Crippen LogP contribution in [0.1, 0.15) is 12.8 Å². The van der Waals surface area contributed by atoms with E-state index >= 15 is 0 Å². The van der Waals surface area contributed by atoms with Crippen LogP contribution >= 0.6 is 15.9 Å². The third kappa shape index (κ3) is 3.48. The lowest BCUT2D eigenvalue weighted by Gasteiger charge is -2.07. The van der Waals surface area contributed by atoms with Crippen LogP contribution in [0.2, 0.25) is 0 Å². The molecule has 0 heterocycles. The van der Waals surface area contributed by atoms with Gasteiger partial charge in [-0.05, 0) is 18.6 Å². The summed E-state index contributed by atoms with van der Waals surface area (Å²) in [6.45, 7) is 0.378.